The van der Waals surface area contributed by atoms with Crippen LogP contribution < -0.4 is 9.47 Å². The van der Waals surface area contributed by atoms with Gasteiger partial charge in [-0.25, -0.2) is 4.79 Å². The first-order valence-corrected chi connectivity index (χ1v) is 9.82. The van der Waals surface area contributed by atoms with Crippen LogP contribution in [0.1, 0.15) is 41.3 Å². The summed E-state index contributed by atoms with van der Waals surface area (Å²) in [6, 6.07) is 11.4. The summed E-state index contributed by atoms with van der Waals surface area (Å²) >= 11 is 0. The van der Waals surface area contributed by atoms with Gasteiger partial charge in [0, 0.05) is 18.0 Å². The Balaban J connectivity index is 1.49. The number of hydrogen-bond acceptors (Lipinski definition) is 5. The maximum absolute atomic E-state index is 13.4. The predicted octanol–water partition coefficient (Wildman–Crippen LogP) is 3.92. The average molecular weight is 391 g/mol. The number of carbonyl (C=O) groups excluding carboxylic acids is 2. The molecule has 2 aliphatic rings. The number of Topliss-reactive ketones (excluding diaryl/α,β-unsaturated/α-hetero) is 1. The maximum Gasteiger partial charge on any atom is 0.340 e. The van der Waals surface area contributed by atoms with Gasteiger partial charge >= 0.3 is 5.97 Å². The van der Waals surface area contributed by atoms with Crippen molar-refractivity contribution in [3.8, 4) is 11.5 Å². The molecule has 2 heterocycles. The van der Waals surface area contributed by atoms with E-state index >= 15 is 0 Å². The summed E-state index contributed by atoms with van der Waals surface area (Å²) in [6.45, 7) is 2.26. The molecular weight excluding hydrogens is 370 g/mol. The van der Waals surface area contributed by atoms with E-state index in [0.29, 0.717) is 28.1 Å². The van der Waals surface area contributed by atoms with Gasteiger partial charge in [0.15, 0.2) is 11.5 Å². The number of rotatable bonds is 6. The third kappa shape index (κ3) is 2.87. The first-order valence-electron chi connectivity index (χ1n) is 9.82. The molecule has 0 atom stereocenters. The van der Waals surface area contributed by atoms with E-state index in [-0.39, 0.29) is 25.6 Å². The first kappa shape index (κ1) is 17.8. The zero-order valence-electron chi connectivity index (χ0n) is 16.1. The second-order valence-corrected chi connectivity index (χ2v) is 7.51. The lowest BCUT2D eigenvalue weighted by atomic mass is 9.86. The van der Waals surface area contributed by atoms with Crippen LogP contribution in [-0.2, 0) is 21.4 Å². The minimum absolute atomic E-state index is 0.104. The smallest absolute Gasteiger partial charge is 0.340 e. The van der Waals surface area contributed by atoms with Gasteiger partial charge in [-0.1, -0.05) is 18.2 Å². The van der Waals surface area contributed by atoms with Crippen LogP contribution in [0.2, 0.25) is 0 Å². The van der Waals surface area contributed by atoms with Crippen LogP contribution in [-0.4, -0.2) is 30.1 Å². The van der Waals surface area contributed by atoms with Crippen molar-refractivity contribution in [3.63, 3.8) is 0 Å². The molecule has 0 radical (unpaired) electrons. The maximum atomic E-state index is 13.4. The highest BCUT2D eigenvalue weighted by Crippen LogP contribution is 2.51. The number of H-pyrrole nitrogens is 1. The molecule has 1 aromatic heterocycles. The standard InChI is InChI=1S/C23H21NO5/c1-2-27-22(26)20-15(4-3-14-7-10-24-21(14)20)11-19(25)23(8-9-23)16-5-6-17-18(12-16)29-13-28-17/h3-7,10,12,24H,2,8-9,11,13H2,1H3. The van der Waals surface area contributed by atoms with E-state index in [0.717, 1.165) is 23.8 Å². The lowest BCUT2D eigenvalue weighted by molar-refractivity contribution is -0.120. The topological polar surface area (TPSA) is 77.6 Å². The van der Waals surface area contributed by atoms with Crippen molar-refractivity contribution in [1.29, 1.82) is 0 Å². The SMILES string of the molecule is CCOC(=O)c1c(CC(=O)C2(c3ccc4c(c3)OCO4)CC2)ccc2cc[nH]c12. The Labute approximate surface area is 167 Å². The fraction of sp³-hybridized carbons (Fsp3) is 0.304. The molecule has 1 saturated carbocycles. The van der Waals surface area contributed by atoms with Gasteiger partial charge in [0.05, 0.1) is 23.1 Å². The number of hydrogen-bond donors (Lipinski definition) is 1. The number of ether oxygens (including phenoxy) is 3. The molecule has 6 heteroatoms. The quantitative estimate of drug-likeness (QED) is 0.645. The Morgan fingerprint density at radius 2 is 1.93 bits per heavy atom. The molecule has 0 saturated heterocycles. The average Bonchev–Trinajstić information content (AvgIpc) is 3.17. The number of aromatic nitrogens is 1. The molecular formula is C23H21NO5. The summed E-state index contributed by atoms with van der Waals surface area (Å²) in [5, 5.41) is 0.918. The number of fused-ring (bicyclic) bond motifs is 2. The Morgan fingerprint density at radius 1 is 1.10 bits per heavy atom. The number of aromatic amines is 1. The van der Waals surface area contributed by atoms with E-state index in [9.17, 15) is 9.59 Å². The van der Waals surface area contributed by atoms with Crippen LogP contribution in [0.15, 0.2) is 42.6 Å². The lowest BCUT2D eigenvalue weighted by Crippen LogP contribution is -2.23. The van der Waals surface area contributed by atoms with E-state index in [4.69, 9.17) is 14.2 Å². The molecule has 0 spiro atoms. The summed E-state index contributed by atoms with van der Waals surface area (Å²) < 4.78 is 16.1. The molecule has 1 N–H and O–H groups in total. The summed E-state index contributed by atoms with van der Waals surface area (Å²) in [6.07, 6.45) is 3.56. The van der Waals surface area contributed by atoms with Crippen molar-refractivity contribution in [1.82, 2.24) is 4.98 Å². The molecule has 1 aliphatic carbocycles. The van der Waals surface area contributed by atoms with Crippen molar-refractivity contribution in [3.05, 3.63) is 59.3 Å². The first-order chi connectivity index (χ1) is 14.1. The Morgan fingerprint density at radius 3 is 2.72 bits per heavy atom. The van der Waals surface area contributed by atoms with Crippen molar-refractivity contribution in [2.45, 2.75) is 31.6 Å². The second kappa shape index (κ2) is 6.65. The van der Waals surface area contributed by atoms with Crippen LogP contribution in [0.4, 0.5) is 0 Å². The largest absolute Gasteiger partial charge is 0.462 e. The summed E-state index contributed by atoms with van der Waals surface area (Å²) in [4.78, 5) is 29.1. The van der Waals surface area contributed by atoms with Gasteiger partial charge in [-0.05, 0) is 49.1 Å². The molecule has 1 aliphatic heterocycles. The van der Waals surface area contributed by atoms with Crippen molar-refractivity contribution in [2.24, 2.45) is 0 Å². The molecule has 5 rings (SSSR count). The normalized spacial score (nSPS) is 16.0. The van der Waals surface area contributed by atoms with Crippen LogP contribution in [0.5, 0.6) is 11.5 Å². The minimum Gasteiger partial charge on any atom is -0.462 e. The molecule has 3 aromatic rings. The van der Waals surface area contributed by atoms with Crippen molar-refractivity contribution in [2.75, 3.05) is 13.4 Å². The van der Waals surface area contributed by atoms with Crippen molar-refractivity contribution < 1.29 is 23.8 Å². The van der Waals surface area contributed by atoms with Gasteiger partial charge in [0.25, 0.3) is 0 Å². The molecule has 0 amide bonds. The molecule has 1 fully saturated rings. The van der Waals surface area contributed by atoms with Gasteiger partial charge in [0.1, 0.15) is 5.78 Å². The third-order valence-electron chi connectivity index (χ3n) is 5.85. The predicted molar refractivity (Wildman–Crippen MR) is 106 cm³/mol. The fourth-order valence-electron chi connectivity index (χ4n) is 4.14. The van der Waals surface area contributed by atoms with E-state index < -0.39 is 11.4 Å². The van der Waals surface area contributed by atoms with Gasteiger partial charge in [-0.3, -0.25) is 4.79 Å². The van der Waals surface area contributed by atoms with Gasteiger partial charge in [0.2, 0.25) is 6.79 Å². The number of carbonyl (C=O) groups is 2. The van der Waals surface area contributed by atoms with Crippen LogP contribution in [0, 0.1) is 0 Å². The second-order valence-electron chi connectivity index (χ2n) is 7.51. The summed E-state index contributed by atoms with van der Waals surface area (Å²) in [5.41, 5.74) is 2.28. The number of benzene rings is 2. The summed E-state index contributed by atoms with van der Waals surface area (Å²) in [5.74, 6) is 1.09. The number of ketones is 1. The zero-order chi connectivity index (χ0) is 20.0. The molecule has 148 valence electrons. The highest BCUT2D eigenvalue weighted by molar-refractivity contribution is 6.06. The highest BCUT2D eigenvalue weighted by atomic mass is 16.7. The van der Waals surface area contributed by atoms with E-state index in [1.807, 2.05) is 36.4 Å². The van der Waals surface area contributed by atoms with Crippen LogP contribution in [0.3, 0.4) is 0 Å². The van der Waals surface area contributed by atoms with E-state index in [1.165, 1.54) is 0 Å². The summed E-state index contributed by atoms with van der Waals surface area (Å²) in [7, 11) is 0. The van der Waals surface area contributed by atoms with Crippen LogP contribution in [0.25, 0.3) is 10.9 Å². The molecule has 0 bridgehead atoms. The minimum atomic E-state index is -0.516. The van der Waals surface area contributed by atoms with Crippen molar-refractivity contribution >= 4 is 22.7 Å². The monoisotopic (exact) mass is 391 g/mol. The van der Waals surface area contributed by atoms with Gasteiger partial charge in [-0.15, -0.1) is 0 Å². The Bertz CT molecular complexity index is 1130. The van der Waals surface area contributed by atoms with Gasteiger partial charge in [-0.2, -0.15) is 0 Å². The molecule has 0 unspecified atom stereocenters. The molecule has 6 nitrogen and oxygen atoms in total. The number of nitrogens with one attached hydrogen (secondary N) is 1. The molecule has 29 heavy (non-hydrogen) atoms. The molecule has 2 aromatic carbocycles. The van der Waals surface area contributed by atoms with Crippen LogP contribution >= 0.6 is 0 Å². The highest BCUT2D eigenvalue weighted by Gasteiger charge is 2.51. The number of esters is 1. The Kier molecular flexibility index (Phi) is 4.08. The van der Waals surface area contributed by atoms with E-state index in [1.54, 1.807) is 13.1 Å². The van der Waals surface area contributed by atoms with E-state index in [2.05, 4.69) is 4.98 Å². The third-order valence-corrected chi connectivity index (χ3v) is 5.85. The fourth-order valence-corrected chi connectivity index (χ4v) is 4.14. The lowest BCUT2D eigenvalue weighted by Gasteiger charge is -2.17. The van der Waals surface area contributed by atoms with Gasteiger partial charge < -0.3 is 19.2 Å². The zero-order valence-corrected chi connectivity index (χ0v) is 16.1. The Hall–Kier alpha value is -3.28.